The van der Waals surface area contributed by atoms with Crippen LogP contribution in [0.25, 0.3) is 0 Å². The van der Waals surface area contributed by atoms with Gasteiger partial charge in [0.05, 0.1) is 6.54 Å². The minimum atomic E-state index is -2.21. The highest BCUT2D eigenvalue weighted by Gasteiger charge is 1.98. The Bertz CT molecular complexity index is 80.8. The minimum absolute atomic E-state index is 0.162. The van der Waals surface area contributed by atoms with E-state index in [2.05, 4.69) is 27.9 Å². The van der Waals surface area contributed by atoms with Crippen molar-refractivity contribution in [1.82, 2.24) is 5.32 Å². The third-order valence-corrected chi connectivity index (χ3v) is 2.05. The van der Waals surface area contributed by atoms with Crippen molar-refractivity contribution in [2.45, 2.75) is 25.7 Å². The summed E-state index contributed by atoms with van der Waals surface area (Å²) in [6.45, 7) is 0.561. The Hall–Kier alpha value is 0.550. The van der Waals surface area contributed by atoms with E-state index in [0.29, 0.717) is 0 Å². The van der Waals surface area contributed by atoms with Gasteiger partial charge < -0.3 is 5.32 Å². The van der Waals surface area contributed by atoms with E-state index in [4.69, 9.17) is 0 Å². The third kappa shape index (κ3) is 10.6. The van der Waals surface area contributed by atoms with Gasteiger partial charge in [0.1, 0.15) is 0 Å². The summed E-state index contributed by atoms with van der Waals surface area (Å²) >= 11 is 2.32. The molecule has 0 aliphatic heterocycles. The van der Waals surface area contributed by atoms with Crippen molar-refractivity contribution >= 4 is 22.6 Å². The van der Waals surface area contributed by atoms with Crippen molar-refractivity contribution in [3.05, 3.63) is 0 Å². The zero-order valence-corrected chi connectivity index (χ0v) is 8.61. The number of hydrogen-bond donors (Lipinski definition) is 1. The van der Waals surface area contributed by atoms with Gasteiger partial charge in [-0.05, 0) is 23.8 Å². The lowest BCUT2D eigenvalue weighted by atomic mass is 10.2. The standard InChI is InChI=1S/C7H14F2IN/c8-7(9)6-11-5-3-1-2-4-10/h7,11H,1-6H2. The quantitative estimate of drug-likeness (QED) is 0.428. The van der Waals surface area contributed by atoms with Crippen molar-refractivity contribution < 1.29 is 8.78 Å². The fourth-order valence-corrected chi connectivity index (χ4v) is 1.27. The Labute approximate surface area is 80.1 Å². The molecule has 0 unspecified atom stereocenters. The maximum Gasteiger partial charge on any atom is 0.250 e. The number of hydrogen-bond acceptors (Lipinski definition) is 1. The molecule has 11 heavy (non-hydrogen) atoms. The Kier molecular flexibility index (Phi) is 9.08. The normalized spacial score (nSPS) is 10.9. The summed E-state index contributed by atoms with van der Waals surface area (Å²) in [6.07, 6.45) is 1.13. The Morgan fingerprint density at radius 2 is 1.91 bits per heavy atom. The van der Waals surface area contributed by atoms with Gasteiger partial charge in [-0.1, -0.05) is 29.0 Å². The largest absolute Gasteiger partial charge is 0.311 e. The van der Waals surface area contributed by atoms with Crippen LogP contribution in [0.1, 0.15) is 19.3 Å². The predicted molar refractivity (Wildman–Crippen MR) is 51.6 cm³/mol. The lowest BCUT2D eigenvalue weighted by Crippen LogP contribution is -2.22. The molecule has 0 amide bonds. The molecule has 0 atom stereocenters. The van der Waals surface area contributed by atoms with Crippen LogP contribution in [-0.2, 0) is 0 Å². The van der Waals surface area contributed by atoms with Crippen molar-refractivity contribution in [2.24, 2.45) is 0 Å². The van der Waals surface area contributed by atoms with E-state index in [0.717, 1.165) is 23.8 Å². The first-order chi connectivity index (χ1) is 5.27. The summed E-state index contributed by atoms with van der Waals surface area (Å²) in [4.78, 5) is 0. The molecule has 0 spiro atoms. The zero-order valence-electron chi connectivity index (χ0n) is 6.45. The van der Waals surface area contributed by atoms with Crippen LogP contribution in [0.2, 0.25) is 0 Å². The average Bonchev–Trinajstić information content (AvgIpc) is 1.96. The van der Waals surface area contributed by atoms with Crippen LogP contribution in [-0.4, -0.2) is 23.9 Å². The summed E-state index contributed by atoms with van der Waals surface area (Å²) in [7, 11) is 0. The van der Waals surface area contributed by atoms with Gasteiger partial charge in [0.25, 0.3) is 6.43 Å². The van der Waals surface area contributed by atoms with E-state index in [1.807, 2.05) is 0 Å². The van der Waals surface area contributed by atoms with Gasteiger partial charge in [0.15, 0.2) is 0 Å². The van der Waals surface area contributed by atoms with Gasteiger partial charge in [0, 0.05) is 0 Å². The van der Waals surface area contributed by atoms with E-state index < -0.39 is 6.43 Å². The van der Waals surface area contributed by atoms with Gasteiger partial charge in [-0.15, -0.1) is 0 Å². The third-order valence-electron chi connectivity index (χ3n) is 1.29. The van der Waals surface area contributed by atoms with Crippen LogP contribution < -0.4 is 5.32 Å². The molecule has 0 bridgehead atoms. The number of alkyl halides is 3. The summed E-state index contributed by atoms with van der Waals surface area (Å²) in [6, 6.07) is 0. The average molecular weight is 277 g/mol. The van der Waals surface area contributed by atoms with Crippen molar-refractivity contribution in [3.8, 4) is 0 Å². The van der Waals surface area contributed by atoms with Gasteiger partial charge in [-0.2, -0.15) is 0 Å². The lowest BCUT2D eigenvalue weighted by Gasteiger charge is -2.02. The van der Waals surface area contributed by atoms with E-state index in [1.54, 1.807) is 0 Å². The van der Waals surface area contributed by atoms with Crippen molar-refractivity contribution in [1.29, 1.82) is 0 Å². The van der Waals surface area contributed by atoms with Gasteiger partial charge in [0.2, 0.25) is 0 Å². The molecule has 0 aliphatic carbocycles. The predicted octanol–water partition coefficient (Wildman–Crippen LogP) is 2.45. The molecular weight excluding hydrogens is 263 g/mol. The van der Waals surface area contributed by atoms with Crippen LogP contribution in [0.15, 0.2) is 0 Å². The highest BCUT2D eigenvalue weighted by molar-refractivity contribution is 14.1. The van der Waals surface area contributed by atoms with Gasteiger partial charge in [-0.25, -0.2) is 8.78 Å². The summed E-state index contributed by atoms with van der Waals surface area (Å²) in [5, 5.41) is 2.69. The molecule has 0 radical (unpaired) electrons. The van der Waals surface area contributed by atoms with E-state index >= 15 is 0 Å². The fraction of sp³-hybridized carbons (Fsp3) is 1.00. The minimum Gasteiger partial charge on any atom is -0.311 e. The molecule has 4 heteroatoms. The number of rotatable bonds is 7. The van der Waals surface area contributed by atoms with E-state index in [9.17, 15) is 8.78 Å². The first-order valence-electron chi connectivity index (χ1n) is 3.82. The van der Waals surface area contributed by atoms with Crippen LogP contribution in [0.3, 0.4) is 0 Å². The molecule has 1 N–H and O–H groups in total. The topological polar surface area (TPSA) is 12.0 Å². The smallest absolute Gasteiger partial charge is 0.250 e. The molecule has 1 nitrogen and oxygen atoms in total. The first-order valence-corrected chi connectivity index (χ1v) is 5.34. The summed E-state index contributed by atoms with van der Waals surface area (Å²) in [5.41, 5.74) is 0. The molecule has 0 aromatic carbocycles. The Morgan fingerprint density at radius 3 is 2.45 bits per heavy atom. The molecule has 68 valence electrons. The lowest BCUT2D eigenvalue weighted by molar-refractivity contribution is 0.146. The highest BCUT2D eigenvalue weighted by Crippen LogP contribution is 1.97. The van der Waals surface area contributed by atoms with Crippen molar-refractivity contribution in [3.63, 3.8) is 0 Å². The van der Waals surface area contributed by atoms with Crippen LogP contribution >= 0.6 is 22.6 Å². The second-order valence-electron chi connectivity index (χ2n) is 2.34. The molecule has 0 fully saturated rings. The van der Waals surface area contributed by atoms with Crippen molar-refractivity contribution in [2.75, 3.05) is 17.5 Å². The highest BCUT2D eigenvalue weighted by atomic mass is 127. The SMILES string of the molecule is FC(F)CNCCCCCI. The molecule has 0 saturated heterocycles. The van der Waals surface area contributed by atoms with Crippen LogP contribution in [0, 0.1) is 0 Å². The van der Waals surface area contributed by atoms with Gasteiger partial charge >= 0.3 is 0 Å². The molecule has 0 aliphatic rings. The summed E-state index contributed by atoms with van der Waals surface area (Å²) in [5.74, 6) is 0. The fourth-order valence-electron chi connectivity index (χ4n) is 0.732. The second-order valence-corrected chi connectivity index (χ2v) is 3.42. The van der Waals surface area contributed by atoms with E-state index in [1.165, 1.54) is 6.42 Å². The Balaban J connectivity index is 2.80. The molecule has 0 heterocycles. The number of nitrogens with one attached hydrogen (secondary N) is 1. The molecule has 0 aromatic heterocycles. The maximum absolute atomic E-state index is 11.5. The first kappa shape index (κ1) is 11.6. The molecule has 0 saturated carbocycles. The van der Waals surface area contributed by atoms with E-state index in [-0.39, 0.29) is 6.54 Å². The molecular formula is C7H14F2IN. The molecule has 0 rings (SSSR count). The second kappa shape index (κ2) is 8.64. The van der Waals surface area contributed by atoms with Crippen LogP contribution in [0.4, 0.5) is 8.78 Å². The molecule has 0 aromatic rings. The monoisotopic (exact) mass is 277 g/mol. The Morgan fingerprint density at radius 1 is 1.18 bits per heavy atom. The van der Waals surface area contributed by atoms with Gasteiger partial charge in [-0.3, -0.25) is 0 Å². The maximum atomic E-state index is 11.5. The van der Waals surface area contributed by atoms with Crippen LogP contribution in [0.5, 0.6) is 0 Å². The number of unbranched alkanes of at least 4 members (excludes halogenated alkanes) is 2. The summed E-state index contributed by atoms with van der Waals surface area (Å²) < 4.78 is 24.3. The zero-order chi connectivity index (χ0) is 8.53. The number of halogens is 3.